The van der Waals surface area contributed by atoms with Gasteiger partial charge in [-0.2, -0.15) is 0 Å². The number of halogens is 4. The summed E-state index contributed by atoms with van der Waals surface area (Å²) in [6, 6.07) is 3.36. The molecular formula is C11H9Br4NO2. The highest BCUT2D eigenvalue weighted by molar-refractivity contribution is 9.40. The van der Waals surface area contributed by atoms with E-state index in [1.54, 1.807) is 17.0 Å². The first-order valence-corrected chi connectivity index (χ1v) is 8.38. The number of carbonyl (C=O) groups excluding carboxylic acids is 1. The van der Waals surface area contributed by atoms with Gasteiger partial charge < -0.3 is 10.0 Å². The lowest BCUT2D eigenvalue weighted by Gasteiger charge is -2.32. The summed E-state index contributed by atoms with van der Waals surface area (Å²) in [6.45, 7) is 0.660. The number of rotatable bonds is 0. The highest BCUT2D eigenvalue weighted by atomic mass is 80.0. The Morgan fingerprint density at radius 3 is 2.61 bits per heavy atom. The van der Waals surface area contributed by atoms with Crippen LogP contribution in [-0.2, 0) is 11.2 Å². The Balaban J connectivity index is 2.47. The number of alkyl halides is 3. The molecule has 1 aliphatic heterocycles. The lowest BCUT2D eigenvalue weighted by atomic mass is 10.0. The molecule has 7 heteroatoms. The number of benzene rings is 1. The molecule has 0 aliphatic carbocycles. The predicted octanol–water partition coefficient (Wildman–Crippen LogP) is 4.27. The maximum absolute atomic E-state index is 12.3. The Morgan fingerprint density at radius 2 is 2.00 bits per heavy atom. The number of fused-ring (bicyclic) bond motifs is 1. The molecule has 0 saturated carbocycles. The number of amides is 1. The Bertz CT molecular complexity index is 499. The largest absolute Gasteiger partial charge is 0.507 e. The number of phenols is 1. The van der Waals surface area contributed by atoms with Crippen LogP contribution in [0.15, 0.2) is 16.6 Å². The number of carbonyl (C=O) groups is 1. The molecule has 18 heavy (non-hydrogen) atoms. The van der Waals surface area contributed by atoms with Crippen LogP contribution in [0.4, 0.5) is 5.69 Å². The number of hydrogen-bond donors (Lipinski definition) is 1. The molecule has 0 bridgehead atoms. The third kappa shape index (κ3) is 2.78. The van der Waals surface area contributed by atoms with Crippen molar-refractivity contribution in [3.05, 3.63) is 22.2 Å². The van der Waals surface area contributed by atoms with Crippen molar-refractivity contribution in [1.29, 1.82) is 0 Å². The van der Waals surface area contributed by atoms with E-state index in [0.717, 1.165) is 24.1 Å². The number of aromatic hydroxyl groups is 1. The van der Waals surface area contributed by atoms with Gasteiger partial charge in [0, 0.05) is 12.2 Å². The summed E-state index contributed by atoms with van der Waals surface area (Å²) < 4.78 is -0.284. The fourth-order valence-corrected chi connectivity index (χ4v) is 3.16. The molecule has 0 saturated heterocycles. The van der Waals surface area contributed by atoms with Gasteiger partial charge in [-0.1, -0.05) is 0 Å². The van der Waals surface area contributed by atoms with E-state index in [4.69, 9.17) is 0 Å². The second-order valence-corrected chi connectivity index (χ2v) is 11.5. The van der Waals surface area contributed by atoms with Gasteiger partial charge in [0.2, 0.25) is 2.14 Å². The smallest absolute Gasteiger partial charge is 0.265 e. The van der Waals surface area contributed by atoms with Crippen molar-refractivity contribution >= 4 is 75.3 Å². The molecule has 0 fully saturated rings. The maximum atomic E-state index is 12.3. The van der Waals surface area contributed by atoms with E-state index in [0.29, 0.717) is 11.0 Å². The van der Waals surface area contributed by atoms with E-state index < -0.39 is 2.14 Å². The second kappa shape index (κ2) is 5.42. The normalized spacial score (nSPS) is 15.4. The van der Waals surface area contributed by atoms with Crippen LogP contribution in [0.3, 0.4) is 0 Å². The molecule has 98 valence electrons. The fraction of sp³-hybridized carbons (Fsp3) is 0.364. The van der Waals surface area contributed by atoms with Gasteiger partial charge >= 0.3 is 0 Å². The summed E-state index contributed by atoms with van der Waals surface area (Å²) in [4.78, 5) is 14.0. The van der Waals surface area contributed by atoms with Crippen molar-refractivity contribution in [3.63, 3.8) is 0 Å². The highest BCUT2D eigenvalue weighted by Crippen LogP contribution is 2.42. The third-order valence-corrected chi connectivity index (χ3v) is 4.69. The van der Waals surface area contributed by atoms with Gasteiger partial charge in [0.05, 0.1) is 4.47 Å². The standard InChI is InChI=1S/C11H9Br4NO2/c12-9-6-2-1-5-16(10(18)11(13,14)15)7(6)3-4-8(9)17/h3-4,17H,1-2,5H2. The minimum Gasteiger partial charge on any atom is -0.507 e. The Kier molecular flexibility index (Phi) is 4.46. The van der Waals surface area contributed by atoms with E-state index in [1.807, 2.05) is 0 Å². The molecule has 0 aromatic heterocycles. The lowest BCUT2D eigenvalue weighted by Crippen LogP contribution is -2.41. The molecule has 1 aromatic carbocycles. The zero-order chi connectivity index (χ0) is 13.5. The van der Waals surface area contributed by atoms with Gasteiger partial charge in [-0.05, 0) is 94.3 Å². The maximum Gasteiger partial charge on any atom is 0.265 e. The van der Waals surface area contributed by atoms with Gasteiger partial charge in [0.25, 0.3) is 5.91 Å². The first kappa shape index (κ1) is 14.8. The van der Waals surface area contributed by atoms with Gasteiger partial charge in [0.15, 0.2) is 0 Å². The monoisotopic (exact) mass is 503 g/mol. The lowest BCUT2D eigenvalue weighted by molar-refractivity contribution is -0.117. The molecule has 1 N–H and O–H groups in total. The number of nitrogens with zero attached hydrogens (tertiary/aromatic N) is 1. The number of phenolic OH excluding ortho intramolecular Hbond substituents is 1. The van der Waals surface area contributed by atoms with E-state index in [9.17, 15) is 9.90 Å². The summed E-state index contributed by atoms with van der Waals surface area (Å²) in [5.41, 5.74) is 1.80. The van der Waals surface area contributed by atoms with Crippen LogP contribution in [0, 0.1) is 0 Å². The molecule has 1 aromatic rings. The van der Waals surface area contributed by atoms with Crippen molar-refractivity contribution in [2.45, 2.75) is 15.0 Å². The van der Waals surface area contributed by atoms with Crippen LogP contribution in [0.5, 0.6) is 5.75 Å². The van der Waals surface area contributed by atoms with Crippen LogP contribution in [0.25, 0.3) is 0 Å². The Morgan fingerprint density at radius 1 is 1.33 bits per heavy atom. The van der Waals surface area contributed by atoms with Gasteiger partial charge in [-0.15, -0.1) is 0 Å². The molecule has 3 nitrogen and oxygen atoms in total. The summed E-state index contributed by atoms with van der Waals surface area (Å²) in [5, 5.41) is 9.68. The van der Waals surface area contributed by atoms with Crippen LogP contribution in [0.2, 0.25) is 0 Å². The molecule has 1 heterocycles. The molecule has 0 atom stereocenters. The summed E-state index contributed by atoms with van der Waals surface area (Å²) in [7, 11) is 0. The molecular weight excluding hydrogens is 498 g/mol. The highest BCUT2D eigenvalue weighted by Gasteiger charge is 2.36. The summed E-state index contributed by atoms with van der Waals surface area (Å²) in [5.74, 6) is 0.0758. The molecule has 0 spiro atoms. The molecule has 1 aliphatic rings. The Labute approximate surface area is 138 Å². The van der Waals surface area contributed by atoms with Crippen molar-refractivity contribution in [1.82, 2.24) is 0 Å². The number of anilines is 1. The first-order valence-electron chi connectivity index (χ1n) is 5.21. The van der Waals surface area contributed by atoms with Crippen LogP contribution >= 0.6 is 63.7 Å². The van der Waals surface area contributed by atoms with Crippen LogP contribution < -0.4 is 4.90 Å². The van der Waals surface area contributed by atoms with Crippen molar-refractivity contribution in [2.75, 3.05) is 11.4 Å². The van der Waals surface area contributed by atoms with Gasteiger partial charge in [0.1, 0.15) is 5.75 Å². The second-order valence-electron chi connectivity index (χ2n) is 3.95. The van der Waals surface area contributed by atoms with Gasteiger partial charge in [-0.3, -0.25) is 4.79 Å². The van der Waals surface area contributed by atoms with Gasteiger partial charge in [-0.25, -0.2) is 0 Å². The minimum absolute atomic E-state index is 0.124. The van der Waals surface area contributed by atoms with Crippen molar-refractivity contribution in [2.24, 2.45) is 0 Å². The molecule has 2 rings (SSSR count). The van der Waals surface area contributed by atoms with Crippen LogP contribution in [0.1, 0.15) is 12.0 Å². The van der Waals surface area contributed by atoms with E-state index in [2.05, 4.69) is 63.7 Å². The molecule has 0 radical (unpaired) electrons. The zero-order valence-corrected chi connectivity index (χ0v) is 15.4. The quantitative estimate of drug-likeness (QED) is 0.534. The minimum atomic E-state index is -0.952. The van der Waals surface area contributed by atoms with E-state index >= 15 is 0 Å². The molecule has 1 amide bonds. The van der Waals surface area contributed by atoms with Crippen molar-refractivity contribution in [3.8, 4) is 5.75 Å². The van der Waals surface area contributed by atoms with E-state index in [-0.39, 0.29) is 11.7 Å². The average Bonchev–Trinajstić information content (AvgIpc) is 2.31. The average molecular weight is 507 g/mol. The fourth-order valence-electron chi connectivity index (χ4n) is 1.99. The summed E-state index contributed by atoms with van der Waals surface area (Å²) >= 11 is 13.1. The van der Waals surface area contributed by atoms with Crippen LogP contribution in [-0.4, -0.2) is 19.7 Å². The SMILES string of the molecule is O=C(N1CCCc2c1ccc(O)c2Br)C(Br)(Br)Br. The number of hydrogen-bond acceptors (Lipinski definition) is 2. The van der Waals surface area contributed by atoms with Crippen molar-refractivity contribution < 1.29 is 9.90 Å². The molecule has 0 unspecified atom stereocenters. The van der Waals surface area contributed by atoms with E-state index in [1.165, 1.54) is 0 Å². The summed E-state index contributed by atoms with van der Waals surface area (Å²) in [6.07, 6.45) is 1.71. The predicted molar refractivity (Wildman–Crippen MR) is 86.0 cm³/mol. The first-order chi connectivity index (χ1) is 8.32. The Hall–Kier alpha value is 0.410. The topological polar surface area (TPSA) is 40.5 Å². The third-order valence-electron chi connectivity index (χ3n) is 2.79. The zero-order valence-electron chi connectivity index (χ0n) is 9.09.